The predicted octanol–water partition coefficient (Wildman–Crippen LogP) is 4.64. The van der Waals surface area contributed by atoms with Crippen LogP contribution in [0.4, 0.5) is 16.0 Å². The van der Waals surface area contributed by atoms with Gasteiger partial charge in [-0.25, -0.2) is 4.39 Å². The van der Waals surface area contributed by atoms with Crippen molar-refractivity contribution < 1.29 is 13.9 Å². The smallest absolute Gasteiger partial charge is 0.229 e. The van der Waals surface area contributed by atoms with Crippen LogP contribution in [0.1, 0.15) is 0 Å². The molecule has 0 aliphatic carbocycles. The van der Waals surface area contributed by atoms with Gasteiger partial charge in [0.15, 0.2) is 17.4 Å². The zero-order chi connectivity index (χ0) is 17.9. The number of aromatic nitrogens is 3. The molecule has 7 heteroatoms. The fourth-order valence-electron chi connectivity index (χ4n) is 2.57. The van der Waals surface area contributed by atoms with E-state index in [1.807, 2.05) is 18.2 Å². The minimum atomic E-state index is -0.457. The molecule has 0 radical (unpaired) electrons. The fraction of sp³-hybridized carbons (Fsp3) is 0.0526. The number of nitrogens with zero attached hydrogens (tertiary/aromatic N) is 2. The van der Waals surface area contributed by atoms with Crippen LogP contribution < -0.4 is 14.8 Å². The number of methoxy groups -OCH3 is 1. The molecule has 0 fully saturated rings. The van der Waals surface area contributed by atoms with Crippen LogP contribution in [0.2, 0.25) is 0 Å². The van der Waals surface area contributed by atoms with Crippen molar-refractivity contribution in [2.24, 2.45) is 0 Å². The van der Waals surface area contributed by atoms with Gasteiger partial charge >= 0.3 is 0 Å². The van der Waals surface area contributed by atoms with Crippen LogP contribution >= 0.6 is 0 Å². The van der Waals surface area contributed by atoms with Gasteiger partial charge in [-0.2, -0.15) is 10.1 Å². The van der Waals surface area contributed by atoms with E-state index in [1.165, 1.54) is 6.07 Å². The maximum absolute atomic E-state index is 14.0. The maximum atomic E-state index is 14.0. The first-order valence-corrected chi connectivity index (χ1v) is 7.91. The van der Waals surface area contributed by atoms with Crippen LogP contribution in [0.3, 0.4) is 0 Å². The Bertz CT molecular complexity index is 1050. The molecule has 4 rings (SSSR count). The minimum absolute atomic E-state index is 0.106. The topological polar surface area (TPSA) is 72.1 Å². The standard InChI is InChI=1S/C19H15FN4O2/c1-25-13-6-7-14-12(10-13)11-18(22-17-8-9-21-24-17)23-19(14)26-16-5-3-2-4-15(16)20/h2-11H,1H3,(H2,21,22,23,24). The lowest BCUT2D eigenvalue weighted by atomic mass is 10.1. The molecule has 0 aliphatic heterocycles. The van der Waals surface area contributed by atoms with Gasteiger partial charge in [-0.3, -0.25) is 5.10 Å². The number of halogens is 1. The van der Waals surface area contributed by atoms with Gasteiger partial charge < -0.3 is 14.8 Å². The SMILES string of the molecule is COc1ccc2c(Oc3ccccc3F)nc(Nc3cc[nH]n3)cc2c1. The number of anilines is 2. The van der Waals surface area contributed by atoms with Gasteiger partial charge in [0.2, 0.25) is 5.88 Å². The number of H-pyrrole nitrogens is 1. The van der Waals surface area contributed by atoms with E-state index >= 15 is 0 Å². The quantitative estimate of drug-likeness (QED) is 0.548. The number of benzene rings is 2. The molecule has 0 saturated heterocycles. The number of rotatable bonds is 5. The minimum Gasteiger partial charge on any atom is -0.497 e. The lowest BCUT2D eigenvalue weighted by molar-refractivity contribution is 0.415. The van der Waals surface area contributed by atoms with E-state index in [1.54, 1.807) is 43.6 Å². The van der Waals surface area contributed by atoms with Crippen LogP contribution in [0.15, 0.2) is 60.8 Å². The third kappa shape index (κ3) is 3.14. The van der Waals surface area contributed by atoms with Crippen molar-refractivity contribution in [3.05, 3.63) is 66.6 Å². The van der Waals surface area contributed by atoms with E-state index in [4.69, 9.17) is 9.47 Å². The molecule has 0 bridgehead atoms. The Labute approximate surface area is 148 Å². The molecular weight excluding hydrogens is 335 g/mol. The lowest BCUT2D eigenvalue weighted by Crippen LogP contribution is -1.98. The Kier molecular flexibility index (Phi) is 4.10. The Hall–Kier alpha value is -3.61. The summed E-state index contributed by atoms with van der Waals surface area (Å²) >= 11 is 0. The number of fused-ring (bicyclic) bond motifs is 1. The Balaban J connectivity index is 1.81. The summed E-state index contributed by atoms with van der Waals surface area (Å²) in [5.41, 5.74) is 0. The summed E-state index contributed by atoms with van der Waals surface area (Å²) < 4.78 is 25.0. The van der Waals surface area contributed by atoms with Crippen LogP contribution in [0.5, 0.6) is 17.4 Å². The highest BCUT2D eigenvalue weighted by atomic mass is 19.1. The number of para-hydroxylation sites is 1. The van der Waals surface area contributed by atoms with Gasteiger partial charge in [-0.1, -0.05) is 12.1 Å². The van der Waals surface area contributed by atoms with E-state index in [-0.39, 0.29) is 11.6 Å². The molecule has 0 amide bonds. The summed E-state index contributed by atoms with van der Waals surface area (Å²) in [5, 5.41) is 11.4. The summed E-state index contributed by atoms with van der Waals surface area (Å²) in [7, 11) is 1.60. The van der Waals surface area contributed by atoms with Crippen molar-refractivity contribution in [2.45, 2.75) is 0 Å². The lowest BCUT2D eigenvalue weighted by Gasteiger charge is -2.12. The Morgan fingerprint density at radius 3 is 2.69 bits per heavy atom. The molecule has 130 valence electrons. The van der Waals surface area contributed by atoms with Crippen LogP contribution in [0.25, 0.3) is 10.8 Å². The summed E-state index contributed by atoms with van der Waals surface area (Å²) in [6, 6.07) is 15.3. The first kappa shape index (κ1) is 15.9. The monoisotopic (exact) mass is 350 g/mol. The van der Waals surface area contributed by atoms with Gasteiger partial charge in [-0.05, 0) is 41.8 Å². The number of hydrogen-bond acceptors (Lipinski definition) is 5. The molecule has 6 nitrogen and oxygen atoms in total. The summed E-state index contributed by atoms with van der Waals surface area (Å²) in [6.45, 7) is 0. The molecule has 0 spiro atoms. The predicted molar refractivity (Wildman–Crippen MR) is 96.6 cm³/mol. The molecule has 2 N–H and O–H groups in total. The second kappa shape index (κ2) is 6.72. The Morgan fingerprint density at radius 1 is 1.04 bits per heavy atom. The second-order valence-electron chi connectivity index (χ2n) is 5.52. The molecule has 2 aromatic carbocycles. The van der Waals surface area contributed by atoms with Crippen molar-refractivity contribution in [1.29, 1.82) is 0 Å². The second-order valence-corrected chi connectivity index (χ2v) is 5.52. The van der Waals surface area contributed by atoms with Crippen molar-refractivity contribution in [3.63, 3.8) is 0 Å². The first-order chi connectivity index (χ1) is 12.7. The number of aromatic amines is 1. The molecule has 0 aliphatic rings. The van der Waals surface area contributed by atoms with Crippen molar-refractivity contribution in [1.82, 2.24) is 15.2 Å². The van der Waals surface area contributed by atoms with Gasteiger partial charge in [0.1, 0.15) is 11.6 Å². The average molecular weight is 350 g/mol. The summed E-state index contributed by atoms with van der Waals surface area (Å²) in [6.07, 6.45) is 1.70. The number of nitrogens with one attached hydrogen (secondary N) is 2. The molecular formula is C19H15FN4O2. The van der Waals surface area contributed by atoms with Crippen LogP contribution in [0, 0.1) is 5.82 Å². The third-order valence-electron chi connectivity index (χ3n) is 3.80. The van der Waals surface area contributed by atoms with E-state index in [9.17, 15) is 4.39 Å². The zero-order valence-corrected chi connectivity index (χ0v) is 13.9. The number of hydrogen-bond donors (Lipinski definition) is 2. The molecule has 2 aromatic heterocycles. The van der Waals surface area contributed by atoms with Gasteiger partial charge in [0.05, 0.1) is 7.11 Å². The van der Waals surface area contributed by atoms with Gasteiger partial charge in [0, 0.05) is 17.6 Å². The normalized spacial score (nSPS) is 10.7. The third-order valence-corrected chi connectivity index (χ3v) is 3.80. The van der Waals surface area contributed by atoms with E-state index in [2.05, 4.69) is 20.5 Å². The van der Waals surface area contributed by atoms with Crippen LogP contribution in [-0.2, 0) is 0 Å². The number of ether oxygens (including phenoxy) is 2. The van der Waals surface area contributed by atoms with Gasteiger partial charge in [-0.15, -0.1) is 0 Å². The van der Waals surface area contributed by atoms with E-state index < -0.39 is 5.82 Å². The number of pyridine rings is 1. The average Bonchev–Trinajstić information content (AvgIpc) is 3.16. The van der Waals surface area contributed by atoms with Gasteiger partial charge in [0.25, 0.3) is 0 Å². The molecule has 0 unspecified atom stereocenters. The summed E-state index contributed by atoms with van der Waals surface area (Å²) in [4.78, 5) is 4.47. The fourth-order valence-corrected chi connectivity index (χ4v) is 2.57. The first-order valence-electron chi connectivity index (χ1n) is 7.91. The maximum Gasteiger partial charge on any atom is 0.229 e. The van der Waals surface area contributed by atoms with Crippen LogP contribution in [-0.4, -0.2) is 22.3 Å². The highest BCUT2D eigenvalue weighted by Crippen LogP contribution is 2.33. The molecule has 26 heavy (non-hydrogen) atoms. The largest absolute Gasteiger partial charge is 0.497 e. The van der Waals surface area contributed by atoms with Crippen molar-refractivity contribution >= 4 is 22.4 Å². The summed E-state index contributed by atoms with van der Waals surface area (Å²) in [5.74, 6) is 1.76. The highest BCUT2D eigenvalue weighted by molar-refractivity contribution is 5.90. The van der Waals surface area contributed by atoms with Crippen molar-refractivity contribution in [2.75, 3.05) is 12.4 Å². The zero-order valence-electron chi connectivity index (χ0n) is 13.9. The highest BCUT2D eigenvalue weighted by Gasteiger charge is 2.12. The molecule has 0 atom stereocenters. The Morgan fingerprint density at radius 2 is 1.92 bits per heavy atom. The van der Waals surface area contributed by atoms with E-state index in [0.29, 0.717) is 17.4 Å². The molecule has 4 aromatic rings. The van der Waals surface area contributed by atoms with Crippen molar-refractivity contribution in [3.8, 4) is 17.4 Å². The molecule has 0 saturated carbocycles. The molecule has 2 heterocycles. The van der Waals surface area contributed by atoms with E-state index in [0.717, 1.165) is 10.8 Å².